The van der Waals surface area contributed by atoms with Gasteiger partial charge in [-0.15, -0.1) is 0 Å². The Labute approximate surface area is 210 Å². The zero-order valence-electron chi connectivity index (χ0n) is 20.8. The first-order valence-corrected chi connectivity index (χ1v) is 13.1. The van der Waals surface area contributed by atoms with E-state index in [1.807, 2.05) is 6.92 Å². The summed E-state index contributed by atoms with van der Waals surface area (Å²) in [7, 11) is -3.73. The second-order valence-corrected chi connectivity index (χ2v) is 11.9. The highest BCUT2D eigenvalue weighted by molar-refractivity contribution is 7.89. The molecule has 10 heteroatoms. The van der Waals surface area contributed by atoms with Crippen LogP contribution in [0.2, 0.25) is 0 Å². The Bertz CT molecular complexity index is 1330. The third kappa shape index (κ3) is 6.48. The third-order valence-electron chi connectivity index (χ3n) is 5.94. The molecule has 0 radical (unpaired) electrons. The predicted molar refractivity (Wildman–Crippen MR) is 133 cm³/mol. The van der Waals surface area contributed by atoms with Crippen molar-refractivity contribution in [2.24, 2.45) is 0 Å². The largest absolute Gasteiger partial charge is 0.480 e. The topological polar surface area (TPSA) is 99.8 Å². The van der Waals surface area contributed by atoms with Gasteiger partial charge in [0.2, 0.25) is 10.0 Å². The molecule has 0 spiro atoms. The fourth-order valence-electron chi connectivity index (χ4n) is 4.48. The van der Waals surface area contributed by atoms with Gasteiger partial charge in [-0.25, -0.2) is 17.2 Å². The van der Waals surface area contributed by atoms with Crippen molar-refractivity contribution >= 4 is 26.9 Å². The fourth-order valence-corrected chi connectivity index (χ4v) is 5.94. The molecule has 7 nitrogen and oxygen atoms in total. The highest BCUT2D eigenvalue weighted by atomic mass is 32.2. The zero-order valence-corrected chi connectivity index (χ0v) is 21.6. The number of halogens is 2. The number of aliphatic hydroxyl groups is 1. The van der Waals surface area contributed by atoms with Gasteiger partial charge >= 0.3 is 5.97 Å². The lowest BCUT2D eigenvalue weighted by atomic mass is 9.88. The third-order valence-corrected chi connectivity index (χ3v) is 7.85. The summed E-state index contributed by atoms with van der Waals surface area (Å²) in [4.78, 5) is 11.4. The van der Waals surface area contributed by atoms with Crippen LogP contribution in [0, 0.1) is 18.6 Å². The maximum atomic E-state index is 14.0. The quantitative estimate of drug-likeness (QED) is 0.508. The maximum absolute atomic E-state index is 14.0. The van der Waals surface area contributed by atoms with E-state index in [4.69, 9.17) is 5.11 Å². The van der Waals surface area contributed by atoms with Crippen molar-refractivity contribution in [3.8, 4) is 0 Å². The number of nitrogens with zero attached hydrogens (tertiary/aromatic N) is 2. The van der Waals surface area contributed by atoms with Crippen LogP contribution in [0.4, 0.5) is 8.78 Å². The summed E-state index contributed by atoms with van der Waals surface area (Å²) in [6, 6.07) is 9.05. The lowest BCUT2D eigenvalue weighted by Gasteiger charge is -2.31. The van der Waals surface area contributed by atoms with Crippen molar-refractivity contribution in [2.45, 2.75) is 63.5 Å². The second kappa shape index (κ2) is 10.7. The SMILES string of the molecule is CC(C)(C)O.Cc1c(C2CCN(S(=O)(=O)c3ccc(F)cc3)CC2)c2cc(F)ccc2n1CC(=O)O. The Hall–Kier alpha value is -2.82. The van der Waals surface area contributed by atoms with Crippen molar-refractivity contribution in [3.63, 3.8) is 0 Å². The smallest absolute Gasteiger partial charge is 0.323 e. The lowest BCUT2D eigenvalue weighted by Crippen LogP contribution is -2.38. The molecule has 2 aromatic carbocycles. The van der Waals surface area contributed by atoms with Gasteiger partial charge in [0.25, 0.3) is 0 Å². The number of aromatic nitrogens is 1. The Morgan fingerprint density at radius 3 is 2.08 bits per heavy atom. The highest BCUT2D eigenvalue weighted by Gasteiger charge is 2.32. The number of sulfonamides is 1. The van der Waals surface area contributed by atoms with Gasteiger partial charge in [-0.05, 0) is 94.5 Å². The summed E-state index contributed by atoms with van der Waals surface area (Å²) in [6.07, 6.45) is 1.04. The number of benzene rings is 2. The Morgan fingerprint density at radius 2 is 1.56 bits per heavy atom. The number of hydrogen-bond acceptors (Lipinski definition) is 4. The molecule has 0 saturated carbocycles. The van der Waals surface area contributed by atoms with E-state index in [-0.39, 0.29) is 30.4 Å². The van der Waals surface area contributed by atoms with Gasteiger partial charge in [0, 0.05) is 29.7 Å². The van der Waals surface area contributed by atoms with Crippen LogP contribution in [-0.4, -0.2) is 52.2 Å². The number of carboxylic acid groups (broad SMARTS) is 1. The van der Waals surface area contributed by atoms with Crippen molar-refractivity contribution in [1.29, 1.82) is 0 Å². The van der Waals surface area contributed by atoms with Crippen LogP contribution in [0.25, 0.3) is 10.9 Å². The molecule has 2 heterocycles. The molecule has 0 bridgehead atoms. The van der Waals surface area contributed by atoms with Crippen LogP contribution < -0.4 is 0 Å². The molecule has 0 atom stereocenters. The van der Waals surface area contributed by atoms with Crippen LogP contribution in [-0.2, 0) is 21.4 Å². The van der Waals surface area contributed by atoms with Gasteiger partial charge in [0.15, 0.2) is 0 Å². The van der Waals surface area contributed by atoms with E-state index in [1.165, 1.54) is 28.6 Å². The van der Waals surface area contributed by atoms with Crippen LogP contribution in [0.15, 0.2) is 47.4 Å². The minimum atomic E-state index is -3.73. The molecule has 196 valence electrons. The van der Waals surface area contributed by atoms with Crippen molar-refractivity contribution < 1.29 is 32.2 Å². The van der Waals surface area contributed by atoms with E-state index in [1.54, 1.807) is 31.4 Å². The van der Waals surface area contributed by atoms with E-state index in [2.05, 4.69) is 0 Å². The van der Waals surface area contributed by atoms with Crippen molar-refractivity contribution in [1.82, 2.24) is 8.87 Å². The van der Waals surface area contributed by atoms with Gasteiger partial charge in [-0.2, -0.15) is 4.31 Å². The number of carboxylic acids is 1. The Morgan fingerprint density at radius 1 is 1.03 bits per heavy atom. The normalized spacial score (nSPS) is 15.5. The molecule has 4 rings (SSSR count). The number of rotatable bonds is 5. The van der Waals surface area contributed by atoms with Crippen molar-refractivity contribution in [2.75, 3.05) is 13.1 Å². The number of fused-ring (bicyclic) bond motifs is 1. The summed E-state index contributed by atoms with van der Waals surface area (Å²) in [6.45, 7) is 7.35. The second-order valence-electron chi connectivity index (χ2n) is 9.94. The minimum absolute atomic E-state index is 0.0287. The molecule has 1 saturated heterocycles. The van der Waals surface area contributed by atoms with Crippen molar-refractivity contribution in [3.05, 3.63) is 65.4 Å². The van der Waals surface area contributed by atoms with Gasteiger partial charge in [0.05, 0.1) is 10.5 Å². The number of aliphatic carboxylic acids is 1. The molecule has 2 N–H and O–H groups in total. The Kier molecular flexibility index (Phi) is 8.22. The number of piperidine rings is 1. The molecule has 3 aromatic rings. The van der Waals surface area contributed by atoms with E-state index in [9.17, 15) is 27.1 Å². The standard InChI is InChI=1S/C22H22F2N2O4S.C4H10O/c1-14-22(19-12-17(24)4-7-20(19)26(14)13-21(27)28)15-8-10-25(11-9-15)31(29,30)18-5-2-16(23)3-6-18;1-4(2,3)5/h2-7,12,15H,8-11,13H2,1H3,(H,27,28);5H,1-3H3. The fraction of sp³-hybridized carbons (Fsp3) is 0.423. The van der Waals surface area contributed by atoms with Gasteiger partial charge in [0.1, 0.15) is 18.2 Å². The molecular formula is C26H32F2N2O5S. The molecule has 0 amide bonds. The van der Waals surface area contributed by atoms with Crippen LogP contribution >= 0.6 is 0 Å². The summed E-state index contributed by atoms with van der Waals surface area (Å²) in [5, 5.41) is 18.5. The Balaban J connectivity index is 0.000000658. The van der Waals surface area contributed by atoms with Gasteiger partial charge in [-0.3, -0.25) is 4.79 Å². The summed E-state index contributed by atoms with van der Waals surface area (Å²) >= 11 is 0. The van der Waals surface area contributed by atoms with Gasteiger partial charge in [-0.1, -0.05) is 0 Å². The first-order chi connectivity index (χ1) is 16.7. The molecular weight excluding hydrogens is 490 g/mol. The average Bonchev–Trinajstić information content (AvgIpc) is 3.03. The molecule has 0 aliphatic carbocycles. The number of carbonyl (C=O) groups is 1. The first-order valence-electron chi connectivity index (χ1n) is 11.7. The lowest BCUT2D eigenvalue weighted by molar-refractivity contribution is -0.137. The first kappa shape index (κ1) is 27.8. The van der Waals surface area contributed by atoms with E-state index >= 15 is 0 Å². The minimum Gasteiger partial charge on any atom is -0.480 e. The molecule has 36 heavy (non-hydrogen) atoms. The molecule has 1 aliphatic heterocycles. The zero-order chi connectivity index (χ0) is 26.8. The van der Waals surface area contributed by atoms with Crippen LogP contribution in [0.1, 0.15) is 50.8 Å². The van der Waals surface area contributed by atoms with E-state index in [0.29, 0.717) is 23.7 Å². The summed E-state index contributed by atoms with van der Waals surface area (Å²) in [5.41, 5.74) is 1.77. The molecule has 1 fully saturated rings. The maximum Gasteiger partial charge on any atom is 0.323 e. The van der Waals surface area contributed by atoms with Crippen LogP contribution in [0.3, 0.4) is 0 Å². The molecule has 0 unspecified atom stereocenters. The van der Waals surface area contributed by atoms with Gasteiger partial charge < -0.3 is 14.8 Å². The average molecular weight is 523 g/mol. The van der Waals surface area contributed by atoms with Crippen LogP contribution in [0.5, 0.6) is 0 Å². The molecule has 1 aliphatic rings. The number of hydrogen-bond donors (Lipinski definition) is 2. The molecule has 1 aromatic heterocycles. The van der Waals surface area contributed by atoms with E-state index in [0.717, 1.165) is 23.4 Å². The summed E-state index contributed by atoms with van der Waals surface area (Å²) in [5.74, 6) is -1.93. The van der Waals surface area contributed by atoms with E-state index < -0.39 is 33.2 Å². The summed E-state index contributed by atoms with van der Waals surface area (Å²) < 4.78 is 55.9. The highest BCUT2D eigenvalue weighted by Crippen LogP contribution is 2.38. The monoisotopic (exact) mass is 522 g/mol. The predicted octanol–water partition coefficient (Wildman–Crippen LogP) is 4.66.